The van der Waals surface area contributed by atoms with E-state index >= 15 is 0 Å². The molecule has 0 spiro atoms. The summed E-state index contributed by atoms with van der Waals surface area (Å²) >= 11 is 0. The van der Waals surface area contributed by atoms with Crippen molar-refractivity contribution >= 4 is 5.97 Å². The molecule has 0 heterocycles. The molecule has 0 radical (unpaired) electrons. The predicted molar refractivity (Wildman–Crippen MR) is 59.9 cm³/mol. The van der Waals surface area contributed by atoms with Crippen molar-refractivity contribution in [2.75, 3.05) is 19.7 Å². The highest BCUT2D eigenvalue weighted by atomic mass is 16.4. The highest BCUT2D eigenvalue weighted by Crippen LogP contribution is 2.05. The molecule has 0 aromatic heterocycles. The molecule has 15 heavy (non-hydrogen) atoms. The summed E-state index contributed by atoms with van der Waals surface area (Å²) in [5.41, 5.74) is 0. The fourth-order valence-corrected chi connectivity index (χ4v) is 1.50. The first-order valence-corrected chi connectivity index (χ1v) is 5.75. The van der Waals surface area contributed by atoms with Crippen LogP contribution in [0.1, 0.15) is 39.5 Å². The zero-order valence-corrected chi connectivity index (χ0v) is 9.78. The monoisotopic (exact) mass is 217 g/mol. The number of aliphatic carboxylic acids is 1. The summed E-state index contributed by atoms with van der Waals surface area (Å²) in [6.45, 7) is 5.37. The van der Waals surface area contributed by atoms with Crippen molar-refractivity contribution in [3.8, 4) is 0 Å². The van der Waals surface area contributed by atoms with Gasteiger partial charge < -0.3 is 10.2 Å². The van der Waals surface area contributed by atoms with Gasteiger partial charge in [-0.3, -0.25) is 9.69 Å². The molecule has 0 saturated carbocycles. The van der Waals surface area contributed by atoms with Crippen LogP contribution >= 0.6 is 0 Å². The Morgan fingerprint density at radius 3 is 1.93 bits per heavy atom. The van der Waals surface area contributed by atoms with Gasteiger partial charge in [-0.1, -0.05) is 26.7 Å². The summed E-state index contributed by atoms with van der Waals surface area (Å²) in [5, 5.41) is 18.0. The van der Waals surface area contributed by atoms with Gasteiger partial charge in [-0.2, -0.15) is 0 Å². The lowest BCUT2D eigenvalue weighted by Crippen LogP contribution is -2.44. The van der Waals surface area contributed by atoms with E-state index in [1.54, 1.807) is 0 Å². The lowest BCUT2D eigenvalue weighted by molar-refractivity contribution is -0.144. The average Bonchev–Trinajstić information content (AvgIpc) is 2.21. The number of hydrogen-bond acceptors (Lipinski definition) is 3. The topological polar surface area (TPSA) is 60.8 Å². The normalized spacial score (nSPS) is 13.1. The highest BCUT2D eigenvalue weighted by molar-refractivity contribution is 5.73. The second kappa shape index (κ2) is 8.68. The molecule has 1 atom stereocenters. The standard InChI is InChI=1S/C11H23NO3/c1-3-5-7-12(8-6-4-2)10(9-13)11(14)15/h10,13H,3-9H2,1-2H3,(H,14,15)/t10-/m0/s1. The van der Waals surface area contributed by atoms with Crippen molar-refractivity contribution in [1.29, 1.82) is 0 Å². The van der Waals surface area contributed by atoms with Crippen LogP contribution in [-0.4, -0.2) is 46.8 Å². The van der Waals surface area contributed by atoms with E-state index in [1.165, 1.54) is 0 Å². The number of carboxylic acids is 1. The van der Waals surface area contributed by atoms with Crippen LogP contribution in [0.4, 0.5) is 0 Å². The van der Waals surface area contributed by atoms with Crippen molar-refractivity contribution in [2.24, 2.45) is 0 Å². The van der Waals surface area contributed by atoms with Crippen molar-refractivity contribution in [1.82, 2.24) is 4.90 Å². The maximum atomic E-state index is 10.9. The van der Waals surface area contributed by atoms with E-state index in [9.17, 15) is 4.79 Å². The summed E-state index contributed by atoms with van der Waals surface area (Å²) in [6, 6.07) is -0.733. The molecule has 0 fully saturated rings. The van der Waals surface area contributed by atoms with Gasteiger partial charge in [-0.05, 0) is 25.9 Å². The molecule has 0 aliphatic rings. The third-order valence-electron chi connectivity index (χ3n) is 2.50. The number of carbonyl (C=O) groups is 1. The number of nitrogens with zero attached hydrogens (tertiary/aromatic N) is 1. The average molecular weight is 217 g/mol. The fraction of sp³-hybridized carbons (Fsp3) is 0.909. The molecule has 0 rings (SSSR count). The number of aliphatic hydroxyl groups excluding tert-OH is 1. The van der Waals surface area contributed by atoms with Gasteiger partial charge in [0.25, 0.3) is 0 Å². The summed E-state index contributed by atoms with van der Waals surface area (Å²) < 4.78 is 0. The Hall–Kier alpha value is -0.610. The molecule has 4 heteroatoms. The number of hydrogen-bond donors (Lipinski definition) is 2. The van der Waals surface area contributed by atoms with Crippen LogP contribution in [0.3, 0.4) is 0 Å². The quantitative estimate of drug-likeness (QED) is 0.611. The smallest absolute Gasteiger partial charge is 0.323 e. The molecule has 0 aliphatic carbocycles. The van der Waals surface area contributed by atoms with Crippen LogP contribution < -0.4 is 0 Å². The van der Waals surface area contributed by atoms with Crippen LogP contribution in [0.15, 0.2) is 0 Å². The van der Waals surface area contributed by atoms with Crippen LogP contribution in [0.25, 0.3) is 0 Å². The summed E-state index contributed by atoms with van der Waals surface area (Å²) in [7, 11) is 0. The van der Waals surface area contributed by atoms with Crippen molar-refractivity contribution < 1.29 is 15.0 Å². The maximum absolute atomic E-state index is 10.9. The first-order valence-electron chi connectivity index (χ1n) is 5.75. The second-order valence-electron chi connectivity index (χ2n) is 3.78. The van der Waals surface area contributed by atoms with Gasteiger partial charge in [0.2, 0.25) is 0 Å². The molecule has 0 amide bonds. The van der Waals surface area contributed by atoms with Gasteiger partial charge in [-0.25, -0.2) is 0 Å². The number of aliphatic hydroxyl groups is 1. The first-order chi connectivity index (χ1) is 7.17. The molecule has 2 N–H and O–H groups in total. The molecule has 0 aromatic carbocycles. The van der Waals surface area contributed by atoms with Crippen molar-refractivity contribution in [3.05, 3.63) is 0 Å². The number of unbranched alkanes of at least 4 members (excludes halogenated alkanes) is 2. The van der Waals surface area contributed by atoms with E-state index in [4.69, 9.17) is 10.2 Å². The second-order valence-corrected chi connectivity index (χ2v) is 3.78. The van der Waals surface area contributed by atoms with Gasteiger partial charge in [0.15, 0.2) is 0 Å². The van der Waals surface area contributed by atoms with Crippen LogP contribution in [0, 0.1) is 0 Å². The molecule has 0 saturated heterocycles. The summed E-state index contributed by atoms with van der Waals surface area (Å²) in [4.78, 5) is 12.8. The molecular formula is C11H23NO3. The molecule has 0 aliphatic heterocycles. The van der Waals surface area contributed by atoms with E-state index in [0.29, 0.717) is 0 Å². The van der Waals surface area contributed by atoms with Gasteiger partial charge in [0.1, 0.15) is 6.04 Å². The van der Waals surface area contributed by atoms with E-state index < -0.39 is 12.0 Å². The van der Waals surface area contributed by atoms with E-state index in [1.807, 2.05) is 4.90 Å². The van der Waals surface area contributed by atoms with Crippen LogP contribution in [0.5, 0.6) is 0 Å². The van der Waals surface area contributed by atoms with Gasteiger partial charge >= 0.3 is 5.97 Å². The Kier molecular flexibility index (Phi) is 8.33. The minimum Gasteiger partial charge on any atom is -0.480 e. The number of rotatable bonds is 9. The predicted octanol–water partition coefficient (Wildman–Crippen LogP) is 1.33. The third-order valence-corrected chi connectivity index (χ3v) is 2.50. The van der Waals surface area contributed by atoms with Crippen LogP contribution in [0.2, 0.25) is 0 Å². The Labute approximate surface area is 91.9 Å². The van der Waals surface area contributed by atoms with E-state index in [-0.39, 0.29) is 6.61 Å². The lowest BCUT2D eigenvalue weighted by Gasteiger charge is -2.27. The number of carboxylic acid groups (broad SMARTS) is 1. The molecule has 0 bridgehead atoms. The Bertz CT molecular complexity index is 165. The zero-order chi connectivity index (χ0) is 11.7. The maximum Gasteiger partial charge on any atom is 0.323 e. The van der Waals surface area contributed by atoms with Gasteiger partial charge in [0, 0.05) is 0 Å². The zero-order valence-electron chi connectivity index (χ0n) is 9.78. The van der Waals surface area contributed by atoms with Gasteiger partial charge in [-0.15, -0.1) is 0 Å². The van der Waals surface area contributed by atoms with Crippen LogP contribution in [-0.2, 0) is 4.79 Å². The SMILES string of the molecule is CCCCN(CCCC)[C@@H](CO)C(=O)O. The molecule has 4 nitrogen and oxygen atoms in total. The van der Waals surface area contributed by atoms with Crippen molar-refractivity contribution in [3.63, 3.8) is 0 Å². The lowest BCUT2D eigenvalue weighted by atomic mass is 10.2. The molecule has 0 unspecified atom stereocenters. The summed E-state index contributed by atoms with van der Waals surface area (Å²) in [6.07, 6.45) is 4.04. The van der Waals surface area contributed by atoms with Crippen molar-refractivity contribution in [2.45, 2.75) is 45.6 Å². The fourth-order valence-electron chi connectivity index (χ4n) is 1.50. The minimum absolute atomic E-state index is 0.303. The Morgan fingerprint density at radius 1 is 1.20 bits per heavy atom. The Morgan fingerprint density at radius 2 is 1.67 bits per heavy atom. The van der Waals surface area contributed by atoms with E-state index in [2.05, 4.69) is 13.8 Å². The van der Waals surface area contributed by atoms with E-state index in [0.717, 1.165) is 38.8 Å². The molecule has 90 valence electrons. The first kappa shape index (κ1) is 14.4. The molecule has 0 aromatic rings. The highest BCUT2D eigenvalue weighted by Gasteiger charge is 2.23. The van der Waals surface area contributed by atoms with Gasteiger partial charge in [0.05, 0.1) is 6.61 Å². The third kappa shape index (κ3) is 5.74. The molecular weight excluding hydrogens is 194 g/mol. The summed E-state index contributed by atoms with van der Waals surface area (Å²) in [5.74, 6) is -0.926. The minimum atomic E-state index is -0.926. The Balaban J connectivity index is 4.22. The largest absolute Gasteiger partial charge is 0.480 e.